The first-order chi connectivity index (χ1) is 17.1. The van der Waals surface area contributed by atoms with Crippen LogP contribution in [0.2, 0.25) is 0 Å². The lowest BCUT2D eigenvalue weighted by atomic mass is 9.96. The molecule has 2 heterocycles. The zero-order valence-corrected chi connectivity index (χ0v) is 20.3. The average molecular weight is 489 g/mol. The van der Waals surface area contributed by atoms with Crippen LogP contribution >= 0.6 is 11.3 Å². The number of hydrogen-bond acceptors (Lipinski definition) is 6. The molecule has 3 aromatic rings. The summed E-state index contributed by atoms with van der Waals surface area (Å²) < 4.78 is 5.52. The fourth-order valence-electron chi connectivity index (χ4n) is 4.45. The largest absolute Gasteiger partial charge is 0.468 e. The summed E-state index contributed by atoms with van der Waals surface area (Å²) in [7, 11) is 0. The third kappa shape index (κ3) is 5.81. The van der Waals surface area contributed by atoms with E-state index in [0.717, 1.165) is 55.4 Å². The molecule has 2 N–H and O–H groups in total. The standard InChI is InChI=1S/C27H28N4O3S/c28-14-23-22-5-1-2-6-24(22)35-27(23)30-25(32)17-31(16-21-4-3-13-34-21)15-18-7-9-19(10-8-18)26(33)29-20-11-12-20/h3-4,7-10,13,20H,1-2,5-6,11-12,15-17H2,(H,29,33)(H,30,32). The highest BCUT2D eigenvalue weighted by molar-refractivity contribution is 7.16. The van der Waals surface area contributed by atoms with E-state index in [1.54, 1.807) is 6.26 Å². The van der Waals surface area contributed by atoms with Crippen molar-refractivity contribution in [1.82, 2.24) is 10.2 Å². The molecular formula is C27H28N4O3S. The highest BCUT2D eigenvalue weighted by Gasteiger charge is 2.24. The summed E-state index contributed by atoms with van der Waals surface area (Å²) in [4.78, 5) is 28.5. The highest BCUT2D eigenvalue weighted by atomic mass is 32.1. The van der Waals surface area contributed by atoms with E-state index < -0.39 is 0 Å². The van der Waals surface area contributed by atoms with Crippen LogP contribution < -0.4 is 10.6 Å². The minimum absolute atomic E-state index is 0.0437. The second kappa shape index (κ2) is 10.5. The van der Waals surface area contributed by atoms with Crippen LogP contribution in [0.15, 0.2) is 47.1 Å². The molecule has 2 aliphatic carbocycles. The van der Waals surface area contributed by atoms with Crippen molar-refractivity contribution in [1.29, 1.82) is 5.26 Å². The quantitative estimate of drug-likeness (QED) is 0.458. The van der Waals surface area contributed by atoms with Crippen LogP contribution in [0, 0.1) is 11.3 Å². The van der Waals surface area contributed by atoms with Crippen LogP contribution in [0.25, 0.3) is 0 Å². The minimum atomic E-state index is -0.160. The Morgan fingerprint density at radius 2 is 1.91 bits per heavy atom. The van der Waals surface area contributed by atoms with Gasteiger partial charge >= 0.3 is 0 Å². The minimum Gasteiger partial charge on any atom is -0.468 e. The van der Waals surface area contributed by atoms with Gasteiger partial charge in [-0.05, 0) is 73.9 Å². The predicted octanol–water partition coefficient (Wildman–Crippen LogP) is 4.62. The van der Waals surface area contributed by atoms with Crippen molar-refractivity contribution in [3.05, 3.63) is 75.6 Å². The Morgan fingerprint density at radius 3 is 2.63 bits per heavy atom. The van der Waals surface area contributed by atoms with Crippen molar-refractivity contribution in [3.63, 3.8) is 0 Å². The van der Waals surface area contributed by atoms with Gasteiger partial charge in [-0.2, -0.15) is 5.26 Å². The number of carbonyl (C=O) groups is 2. The van der Waals surface area contributed by atoms with Gasteiger partial charge in [0.25, 0.3) is 5.91 Å². The number of fused-ring (bicyclic) bond motifs is 1. The smallest absolute Gasteiger partial charge is 0.251 e. The zero-order chi connectivity index (χ0) is 24.2. The molecule has 2 amide bonds. The second-order valence-corrected chi connectivity index (χ2v) is 10.3. The highest BCUT2D eigenvalue weighted by Crippen LogP contribution is 2.37. The topological polar surface area (TPSA) is 98.4 Å². The van der Waals surface area contributed by atoms with Crippen molar-refractivity contribution in [2.24, 2.45) is 0 Å². The van der Waals surface area contributed by atoms with Crippen molar-refractivity contribution in [2.75, 3.05) is 11.9 Å². The maximum Gasteiger partial charge on any atom is 0.251 e. The van der Waals surface area contributed by atoms with Crippen molar-refractivity contribution in [3.8, 4) is 6.07 Å². The van der Waals surface area contributed by atoms with E-state index in [-0.39, 0.29) is 18.4 Å². The van der Waals surface area contributed by atoms with Crippen molar-refractivity contribution < 1.29 is 14.0 Å². The van der Waals surface area contributed by atoms with E-state index >= 15 is 0 Å². The third-order valence-corrected chi connectivity index (χ3v) is 7.60. The molecule has 0 aliphatic heterocycles. The molecule has 7 nitrogen and oxygen atoms in total. The molecule has 1 fully saturated rings. The Morgan fingerprint density at radius 1 is 1.11 bits per heavy atom. The van der Waals surface area contributed by atoms with Gasteiger partial charge in [0, 0.05) is 23.0 Å². The fraction of sp³-hybridized carbons (Fsp3) is 0.370. The summed E-state index contributed by atoms with van der Waals surface area (Å²) in [6.45, 7) is 1.14. The molecule has 8 heteroatoms. The summed E-state index contributed by atoms with van der Waals surface area (Å²) >= 11 is 1.53. The molecule has 0 bridgehead atoms. The van der Waals surface area contributed by atoms with E-state index in [9.17, 15) is 14.9 Å². The van der Waals surface area contributed by atoms with Gasteiger partial charge in [-0.25, -0.2) is 0 Å². The summed E-state index contributed by atoms with van der Waals surface area (Å²) in [6, 6.07) is 13.8. The zero-order valence-electron chi connectivity index (χ0n) is 19.5. The number of nitrogens with one attached hydrogen (secondary N) is 2. The van der Waals surface area contributed by atoms with Crippen LogP contribution in [0.4, 0.5) is 5.00 Å². The Balaban J connectivity index is 1.26. The van der Waals surface area contributed by atoms with Crippen molar-refractivity contribution >= 4 is 28.2 Å². The van der Waals surface area contributed by atoms with Gasteiger partial charge in [-0.3, -0.25) is 14.5 Å². The number of furan rings is 1. The van der Waals surface area contributed by atoms with Crippen LogP contribution in [-0.2, 0) is 30.7 Å². The summed E-state index contributed by atoms with van der Waals surface area (Å²) in [5.41, 5.74) is 3.37. The van der Waals surface area contributed by atoms with Crippen molar-refractivity contribution in [2.45, 2.75) is 57.7 Å². The van der Waals surface area contributed by atoms with Crippen LogP contribution in [-0.4, -0.2) is 29.3 Å². The SMILES string of the molecule is N#Cc1c(NC(=O)CN(Cc2ccc(C(=O)NC3CC3)cc2)Cc2ccco2)sc2c1CCCC2. The normalized spacial score (nSPS) is 14.9. The number of rotatable bonds is 9. The molecule has 2 aliphatic rings. The molecule has 1 saturated carbocycles. The molecule has 35 heavy (non-hydrogen) atoms. The van der Waals surface area contributed by atoms with Crippen LogP contribution in [0.1, 0.15) is 63.4 Å². The van der Waals surface area contributed by atoms with Crippen LogP contribution in [0.3, 0.4) is 0 Å². The van der Waals surface area contributed by atoms with E-state index in [1.165, 1.54) is 16.2 Å². The molecule has 0 atom stereocenters. The Labute approximate surface area is 208 Å². The monoisotopic (exact) mass is 488 g/mol. The molecule has 0 unspecified atom stereocenters. The first-order valence-corrected chi connectivity index (χ1v) is 12.9. The number of anilines is 1. The van der Waals surface area contributed by atoms with Gasteiger partial charge in [0.2, 0.25) is 5.91 Å². The molecule has 5 rings (SSSR count). The summed E-state index contributed by atoms with van der Waals surface area (Å²) in [6.07, 6.45) is 7.83. The summed E-state index contributed by atoms with van der Waals surface area (Å²) in [5, 5.41) is 16.3. The number of benzene rings is 1. The molecule has 1 aromatic carbocycles. The van der Waals surface area contributed by atoms with E-state index in [1.807, 2.05) is 41.3 Å². The molecule has 0 saturated heterocycles. The number of amides is 2. The predicted molar refractivity (Wildman–Crippen MR) is 134 cm³/mol. The number of hydrogen-bond donors (Lipinski definition) is 2. The number of aryl methyl sites for hydroxylation is 1. The van der Waals surface area contributed by atoms with Gasteiger partial charge in [0.05, 0.1) is 24.9 Å². The first kappa shape index (κ1) is 23.3. The van der Waals surface area contributed by atoms with Gasteiger partial charge in [0.1, 0.15) is 16.8 Å². The molecular weight excluding hydrogens is 460 g/mol. The molecule has 0 spiro atoms. The Bertz CT molecular complexity index is 1240. The maximum atomic E-state index is 13.0. The lowest BCUT2D eigenvalue weighted by Gasteiger charge is -2.21. The lowest BCUT2D eigenvalue weighted by Crippen LogP contribution is -2.32. The Hall–Kier alpha value is -3.41. The van der Waals surface area contributed by atoms with Gasteiger partial charge in [0.15, 0.2) is 0 Å². The number of nitriles is 1. The third-order valence-electron chi connectivity index (χ3n) is 6.40. The Kier molecular flexibility index (Phi) is 6.98. The number of thiophene rings is 1. The van der Waals surface area contributed by atoms with E-state index in [2.05, 4.69) is 16.7 Å². The second-order valence-electron chi connectivity index (χ2n) is 9.24. The fourth-order valence-corrected chi connectivity index (χ4v) is 5.70. The van der Waals surface area contributed by atoms with E-state index in [0.29, 0.717) is 35.3 Å². The average Bonchev–Trinajstić information content (AvgIpc) is 3.38. The van der Waals surface area contributed by atoms with Gasteiger partial charge in [-0.1, -0.05) is 12.1 Å². The van der Waals surface area contributed by atoms with E-state index in [4.69, 9.17) is 4.42 Å². The molecule has 180 valence electrons. The summed E-state index contributed by atoms with van der Waals surface area (Å²) in [5.74, 6) is 0.562. The van der Waals surface area contributed by atoms with Gasteiger partial charge in [-0.15, -0.1) is 11.3 Å². The first-order valence-electron chi connectivity index (χ1n) is 12.1. The molecule has 0 radical (unpaired) electrons. The molecule has 2 aromatic heterocycles. The number of nitrogens with zero attached hydrogens (tertiary/aromatic N) is 2. The maximum absolute atomic E-state index is 13.0. The van der Waals surface area contributed by atoms with Gasteiger partial charge < -0.3 is 15.1 Å². The number of carbonyl (C=O) groups excluding carboxylic acids is 2. The lowest BCUT2D eigenvalue weighted by molar-refractivity contribution is -0.117. The van der Waals surface area contributed by atoms with Crippen LogP contribution in [0.5, 0.6) is 0 Å².